The first-order valence-corrected chi connectivity index (χ1v) is 13.5. The number of halogens is 1. The molecule has 180 valence electrons. The zero-order chi connectivity index (χ0) is 23.9. The zero-order valence-electron chi connectivity index (χ0n) is 19.1. The average Bonchev–Trinajstić information content (AvgIpc) is 3.32. The lowest BCUT2D eigenvalue weighted by Crippen LogP contribution is -2.61. The van der Waals surface area contributed by atoms with Crippen molar-refractivity contribution in [2.45, 2.75) is 30.6 Å². The summed E-state index contributed by atoms with van der Waals surface area (Å²) >= 11 is 1.39. The van der Waals surface area contributed by atoms with E-state index in [2.05, 4.69) is 9.27 Å². The molecule has 1 atom stereocenters. The maximum Gasteiger partial charge on any atom is 0.243 e. The quantitative estimate of drug-likeness (QED) is 0.505. The number of anilines is 1. The molecule has 0 bridgehead atoms. The van der Waals surface area contributed by atoms with Crippen molar-refractivity contribution >= 4 is 26.7 Å². The van der Waals surface area contributed by atoms with Gasteiger partial charge in [0.05, 0.1) is 12.0 Å². The van der Waals surface area contributed by atoms with Crippen molar-refractivity contribution in [2.24, 2.45) is 5.41 Å². The van der Waals surface area contributed by atoms with Crippen LogP contribution in [-0.2, 0) is 10.0 Å². The van der Waals surface area contributed by atoms with Gasteiger partial charge in [-0.15, -0.1) is 0 Å². The summed E-state index contributed by atoms with van der Waals surface area (Å²) in [6.45, 7) is 4.79. The van der Waals surface area contributed by atoms with Crippen LogP contribution in [-0.4, -0.2) is 55.4 Å². The smallest absolute Gasteiger partial charge is 0.243 e. The van der Waals surface area contributed by atoms with Crippen LogP contribution in [0.5, 0.6) is 5.75 Å². The van der Waals surface area contributed by atoms with Gasteiger partial charge in [0, 0.05) is 49.0 Å². The molecule has 7 nitrogen and oxygen atoms in total. The summed E-state index contributed by atoms with van der Waals surface area (Å²) in [7, 11) is -1.94. The predicted octanol–water partition coefficient (Wildman–Crippen LogP) is 4.13. The number of benzene rings is 2. The molecule has 2 aliphatic rings. The van der Waals surface area contributed by atoms with Gasteiger partial charge in [0.15, 0.2) is 5.82 Å². The Labute approximate surface area is 203 Å². The van der Waals surface area contributed by atoms with Crippen LogP contribution in [0.4, 0.5) is 9.52 Å². The number of nitrogens with zero attached hydrogens (tertiary/aromatic N) is 4. The summed E-state index contributed by atoms with van der Waals surface area (Å²) in [6, 6.07) is 13.0. The van der Waals surface area contributed by atoms with Gasteiger partial charge < -0.3 is 9.64 Å². The van der Waals surface area contributed by atoms with Crippen molar-refractivity contribution in [2.75, 3.05) is 38.2 Å². The van der Waals surface area contributed by atoms with E-state index in [4.69, 9.17) is 9.72 Å². The van der Waals surface area contributed by atoms with Crippen LogP contribution < -0.4 is 9.64 Å². The molecule has 0 aliphatic carbocycles. The molecule has 0 radical (unpaired) electrons. The maximum atomic E-state index is 13.2. The minimum absolute atomic E-state index is 0.00719. The second-order valence-electron chi connectivity index (χ2n) is 9.14. The third-order valence-corrected chi connectivity index (χ3v) is 9.70. The Hall–Kier alpha value is -2.56. The van der Waals surface area contributed by atoms with Crippen LogP contribution in [0.3, 0.4) is 0 Å². The first kappa shape index (κ1) is 23.2. The van der Waals surface area contributed by atoms with Gasteiger partial charge in [0.1, 0.15) is 11.6 Å². The van der Waals surface area contributed by atoms with Crippen LogP contribution in [0, 0.1) is 11.2 Å². The molecule has 5 rings (SSSR count). The lowest BCUT2D eigenvalue weighted by molar-refractivity contribution is 0.114. The molecule has 2 aromatic carbocycles. The van der Waals surface area contributed by atoms with Crippen LogP contribution in [0.1, 0.15) is 37.1 Å². The summed E-state index contributed by atoms with van der Waals surface area (Å²) in [5.41, 5.74) is 1.11. The monoisotopic (exact) mass is 502 g/mol. The molecule has 2 aliphatic heterocycles. The van der Waals surface area contributed by atoms with E-state index >= 15 is 0 Å². The van der Waals surface area contributed by atoms with Crippen molar-refractivity contribution in [3.8, 4) is 5.75 Å². The first-order chi connectivity index (χ1) is 16.3. The van der Waals surface area contributed by atoms with Gasteiger partial charge in [-0.25, -0.2) is 17.8 Å². The summed E-state index contributed by atoms with van der Waals surface area (Å²) in [4.78, 5) is 7.27. The highest BCUT2D eigenvalue weighted by molar-refractivity contribution is 7.89. The van der Waals surface area contributed by atoms with Crippen molar-refractivity contribution in [3.63, 3.8) is 0 Å². The number of ether oxygens (including phenoxy) is 1. The summed E-state index contributed by atoms with van der Waals surface area (Å²) < 4.78 is 50.5. The molecule has 0 saturated carbocycles. The van der Waals surface area contributed by atoms with E-state index in [1.165, 1.54) is 23.7 Å². The van der Waals surface area contributed by atoms with Gasteiger partial charge in [0.2, 0.25) is 15.2 Å². The Morgan fingerprint density at radius 1 is 1.06 bits per heavy atom. The van der Waals surface area contributed by atoms with E-state index in [0.717, 1.165) is 42.5 Å². The zero-order valence-corrected chi connectivity index (χ0v) is 20.8. The van der Waals surface area contributed by atoms with Gasteiger partial charge in [0.25, 0.3) is 0 Å². The third-order valence-electron chi connectivity index (χ3n) is 6.99. The summed E-state index contributed by atoms with van der Waals surface area (Å²) in [6.07, 6.45) is 1.66. The van der Waals surface area contributed by atoms with E-state index in [0.29, 0.717) is 23.7 Å². The summed E-state index contributed by atoms with van der Waals surface area (Å²) in [5, 5.41) is 0.892. The van der Waals surface area contributed by atoms with Crippen molar-refractivity contribution in [1.82, 2.24) is 13.7 Å². The number of piperidine rings is 1. The van der Waals surface area contributed by atoms with Gasteiger partial charge >= 0.3 is 0 Å². The third kappa shape index (κ3) is 4.30. The van der Waals surface area contributed by atoms with E-state index in [-0.39, 0.29) is 17.2 Å². The molecule has 2 saturated heterocycles. The predicted molar refractivity (Wildman–Crippen MR) is 129 cm³/mol. The van der Waals surface area contributed by atoms with Crippen LogP contribution in [0.2, 0.25) is 0 Å². The van der Waals surface area contributed by atoms with E-state index in [1.807, 2.05) is 6.92 Å². The van der Waals surface area contributed by atoms with Gasteiger partial charge in [-0.05, 0) is 54.8 Å². The highest BCUT2D eigenvalue weighted by Crippen LogP contribution is 2.44. The molecule has 1 unspecified atom stereocenters. The lowest BCUT2D eigenvalue weighted by Gasteiger charge is -2.53. The molecule has 3 heterocycles. The minimum Gasteiger partial charge on any atom is -0.497 e. The molecule has 3 aromatic rings. The standard InChI is InChI=1S/C24H27FN4O3S2/c1-17(18-3-5-19(25)6-4-18)22-26-23(33-27-22)28-15-24(16-28)11-13-29(14-12-24)34(30,31)21-9-7-20(32-2)8-10-21/h3-10,17H,11-16H2,1-2H3. The van der Waals surface area contributed by atoms with Gasteiger partial charge in [-0.3, -0.25) is 0 Å². The largest absolute Gasteiger partial charge is 0.497 e. The Balaban J connectivity index is 1.18. The fraction of sp³-hybridized carbons (Fsp3) is 0.417. The molecule has 0 N–H and O–H groups in total. The molecule has 34 heavy (non-hydrogen) atoms. The topological polar surface area (TPSA) is 75.6 Å². The molecular weight excluding hydrogens is 475 g/mol. The van der Waals surface area contributed by atoms with Crippen LogP contribution >= 0.6 is 11.5 Å². The number of sulfonamides is 1. The van der Waals surface area contributed by atoms with E-state index in [9.17, 15) is 12.8 Å². The van der Waals surface area contributed by atoms with Gasteiger partial charge in [-0.2, -0.15) is 8.68 Å². The lowest BCUT2D eigenvalue weighted by atomic mass is 9.73. The average molecular weight is 503 g/mol. The van der Waals surface area contributed by atoms with Crippen LogP contribution in [0.15, 0.2) is 53.4 Å². The first-order valence-electron chi connectivity index (χ1n) is 11.3. The number of aromatic nitrogens is 2. The normalized spacial score (nSPS) is 19.1. The van der Waals surface area contributed by atoms with Crippen LogP contribution in [0.25, 0.3) is 0 Å². The van der Waals surface area contributed by atoms with Gasteiger partial charge in [-0.1, -0.05) is 19.1 Å². The molecule has 10 heteroatoms. The second kappa shape index (κ2) is 8.90. The highest BCUT2D eigenvalue weighted by atomic mass is 32.2. The Morgan fingerprint density at radius 2 is 1.71 bits per heavy atom. The number of rotatable bonds is 6. The number of hydrogen-bond donors (Lipinski definition) is 0. The second-order valence-corrected chi connectivity index (χ2v) is 11.8. The van der Waals surface area contributed by atoms with E-state index in [1.54, 1.807) is 47.8 Å². The molecule has 1 spiro atoms. The minimum atomic E-state index is -3.50. The highest BCUT2D eigenvalue weighted by Gasteiger charge is 2.47. The van der Waals surface area contributed by atoms with E-state index < -0.39 is 10.0 Å². The Bertz CT molecular complexity index is 1250. The fourth-order valence-electron chi connectivity index (χ4n) is 4.74. The molecule has 2 fully saturated rings. The number of hydrogen-bond acceptors (Lipinski definition) is 7. The Kier molecular flexibility index (Phi) is 6.07. The molecule has 1 aromatic heterocycles. The summed E-state index contributed by atoms with van der Waals surface area (Å²) in [5.74, 6) is 1.12. The van der Waals surface area contributed by atoms with Crippen molar-refractivity contribution < 1.29 is 17.5 Å². The SMILES string of the molecule is COc1ccc(S(=O)(=O)N2CCC3(CC2)CN(c2nc(C(C)c4ccc(F)cc4)ns2)C3)cc1. The maximum absolute atomic E-state index is 13.2. The van der Waals surface area contributed by atoms with Crippen molar-refractivity contribution in [1.29, 1.82) is 0 Å². The molecular formula is C24H27FN4O3S2. The molecule has 0 amide bonds. The number of methoxy groups -OCH3 is 1. The fourth-order valence-corrected chi connectivity index (χ4v) is 6.94. The Morgan fingerprint density at radius 3 is 2.32 bits per heavy atom. The van der Waals surface area contributed by atoms with Crippen molar-refractivity contribution in [3.05, 3.63) is 65.7 Å².